The maximum absolute atomic E-state index is 13.3. The van der Waals surface area contributed by atoms with Gasteiger partial charge in [-0.3, -0.25) is 9.10 Å². The van der Waals surface area contributed by atoms with Crippen LogP contribution in [0.4, 0.5) is 5.69 Å². The number of ether oxygens (including phenoxy) is 2. The largest absolute Gasteiger partial charge is 0.493 e. The van der Waals surface area contributed by atoms with Gasteiger partial charge in [-0.15, -0.1) is 0 Å². The van der Waals surface area contributed by atoms with Crippen LogP contribution >= 0.6 is 15.9 Å². The van der Waals surface area contributed by atoms with Gasteiger partial charge in [-0.05, 0) is 48.0 Å². The van der Waals surface area contributed by atoms with Crippen LogP contribution in [0.1, 0.15) is 5.56 Å². The molecule has 1 amide bonds. The van der Waals surface area contributed by atoms with Gasteiger partial charge in [0, 0.05) is 11.0 Å². The van der Waals surface area contributed by atoms with Crippen LogP contribution in [0.2, 0.25) is 0 Å². The summed E-state index contributed by atoms with van der Waals surface area (Å²) in [6.07, 6.45) is 0. The molecule has 0 unspecified atom stereocenters. The third kappa shape index (κ3) is 5.60. The van der Waals surface area contributed by atoms with Gasteiger partial charge in [-0.1, -0.05) is 46.3 Å². The predicted molar refractivity (Wildman–Crippen MR) is 127 cm³/mol. The maximum Gasteiger partial charge on any atom is 0.264 e. The van der Waals surface area contributed by atoms with Gasteiger partial charge in [0.15, 0.2) is 11.5 Å². The fourth-order valence-electron chi connectivity index (χ4n) is 3.04. The third-order valence-electron chi connectivity index (χ3n) is 4.65. The standard InChI is InChI=1S/C23H23BrN2O5S/c1-30-21-12-11-17(13-22(21)31-2)15-25-23(27)16-26(19-8-6-7-18(24)14-19)32(28,29)20-9-4-3-5-10-20/h3-14H,15-16H2,1-2H3,(H,25,27). The highest BCUT2D eigenvalue weighted by molar-refractivity contribution is 9.10. The molecule has 3 rings (SSSR count). The minimum absolute atomic E-state index is 0.104. The van der Waals surface area contributed by atoms with Gasteiger partial charge in [-0.25, -0.2) is 8.42 Å². The summed E-state index contributed by atoms with van der Waals surface area (Å²) in [6, 6.07) is 20.1. The number of amides is 1. The molecule has 7 nitrogen and oxygen atoms in total. The van der Waals surface area contributed by atoms with Gasteiger partial charge in [-0.2, -0.15) is 0 Å². The maximum atomic E-state index is 13.3. The second kappa shape index (κ2) is 10.5. The summed E-state index contributed by atoms with van der Waals surface area (Å²) in [6.45, 7) is -0.169. The summed E-state index contributed by atoms with van der Waals surface area (Å²) in [5, 5.41) is 2.77. The Balaban J connectivity index is 1.81. The molecular weight excluding hydrogens is 496 g/mol. The summed E-state index contributed by atoms with van der Waals surface area (Å²) < 4.78 is 38.9. The molecule has 0 bridgehead atoms. The summed E-state index contributed by atoms with van der Waals surface area (Å²) in [7, 11) is -0.877. The van der Waals surface area contributed by atoms with E-state index in [0.29, 0.717) is 21.7 Å². The average Bonchev–Trinajstić information content (AvgIpc) is 2.81. The van der Waals surface area contributed by atoms with Crippen molar-refractivity contribution in [1.82, 2.24) is 5.32 Å². The number of nitrogens with one attached hydrogen (secondary N) is 1. The second-order valence-corrected chi connectivity index (χ2v) is 9.55. The monoisotopic (exact) mass is 518 g/mol. The normalized spacial score (nSPS) is 11.0. The minimum atomic E-state index is -3.95. The van der Waals surface area contributed by atoms with Gasteiger partial charge in [0.25, 0.3) is 10.0 Å². The van der Waals surface area contributed by atoms with E-state index in [1.54, 1.807) is 67.8 Å². The lowest BCUT2D eigenvalue weighted by Crippen LogP contribution is -2.40. The Bertz CT molecular complexity index is 1190. The van der Waals surface area contributed by atoms with Crippen molar-refractivity contribution in [3.63, 3.8) is 0 Å². The molecule has 0 spiro atoms. The molecule has 0 saturated carbocycles. The highest BCUT2D eigenvalue weighted by Gasteiger charge is 2.27. The molecule has 32 heavy (non-hydrogen) atoms. The van der Waals surface area contributed by atoms with Gasteiger partial charge in [0.05, 0.1) is 24.8 Å². The molecule has 0 aromatic heterocycles. The van der Waals surface area contributed by atoms with Crippen LogP contribution < -0.4 is 19.1 Å². The molecule has 0 saturated heterocycles. The zero-order chi connectivity index (χ0) is 23.1. The number of hydrogen-bond donors (Lipinski definition) is 1. The van der Waals surface area contributed by atoms with E-state index in [1.807, 2.05) is 0 Å². The molecule has 1 N–H and O–H groups in total. The zero-order valence-corrected chi connectivity index (χ0v) is 20.0. The number of sulfonamides is 1. The number of halogens is 1. The molecule has 0 aliphatic heterocycles. The predicted octanol–water partition coefficient (Wildman–Crippen LogP) is 3.98. The van der Waals surface area contributed by atoms with Crippen molar-refractivity contribution in [3.8, 4) is 11.5 Å². The van der Waals surface area contributed by atoms with Gasteiger partial charge < -0.3 is 14.8 Å². The Morgan fingerprint density at radius 1 is 0.938 bits per heavy atom. The van der Waals surface area contributed by atoms with E-state index < -0.39 is 15.9 Å². The Hall–Kier alpha value is -3.04. The minimum Gasteiger partial charge on any atom is -0.493 e. The lowest BCUT2D eigenvalue weighted by molar-refractivity contribution is -0.119. The van der Waals surface area contributed by atoms with Crippen molar-refractivity contribution in [1.29, 1.82) is 0 Å². The van der Waals surface area contributed by atoms with E-state index >= 15 is 0 Å². The number of nitrogens with zero attached hydrogens (tertiary/aromatic N) is 1. The van der Waals surface area contributed by atoms with E-state index in [4.69, 9.17) is 9.47 Å². The summed E-state index contributed by atoms with van der Waals surface area (Å²) in [5.74, 6) is 0.679. The lowest BCUT2D eigenvalue weighted by Gasteiger charge is -2.24. The number of anilines is 1. The molecule has 168 valence electrons. The van der Waals surface area contributed by atoms with E-state index in [2.05, 4.69) is 21.2 Å². The Kier molecular flexibility index (Phi) is 7.76. The van der Waals surface area contributed by atoms with Gasteiger partial charge in [0.1, 0.15) is 6.54 Å². The summed E-state index contributed by atoms with van der Waals surface area (Å²) in [5.41, 5.74) is 1.17. The van der Waals surface area contributed by atoms with Crippen LogP contribution in [0.15, 0.2) is 82.2 Å². The first kappa shape index (κ1) is 23.6. The van der Waals surface area contributed by atoms with Crippen molar-refractivity contribution < 1.29 is 22.7 Å². The quantitative estimate of drug-likeness (QED) is 0.463. The van der Waals surface area contributed by atoms with E-state index in [0.717, 1.165) is 9.87 Å². The molecule has 0 fully saturated rings. The Labute approximate surface area is 196 Å². The highest BCUT2D eigenvalue weighted by Crippen LogP contribution is 2.28. The van der Waals surface area contributed by atoms with Crippen LogP contribution in [0.5, 0.6) is 11.5 Å². The molecule has 0 heterocycles. The SMILES string of the molecule is COc1ccc(CNC(=O)CN(c2cccc(Br)c2)S(=O)(=O)c2ccccc2)cc1OC. The van der Waals surface area contributed by atoms with E-state index in [9.17, 15) is 13.2 Å². The fraction of sp³-hybridized carbons (Fsp3) is 0.174. The summed E-state index contributed by atoms with van der Waals surface area (Å²) >= 11 is 3.36. The number of carbonyl (C=O) groups is 1. The number of rotatable bonds is 9. The zero-order valence-electron chi connectivity index (χ0n) is 17.6. The Morgan fingerprint density at radius 2 is 1.66 bits per heavy atom. The molecule has 0 atom stereocenters. The van der Waals surface area contributed by atoms with Crippen LogP contribution in [0.25, 0.3) is 0 Å². The van der Waals surface area contributed by atoms with Crippen molar-refractivity contribution in [2.75, 3.05) is 25.1 Å². The van der Waals surface area contributed by atoms with Crippen molar-refractivity contribution in [2.24, 2.45) is 0 Å². The lowest BCUT2D eigenvalue weighted by atomic mass is 10.2. The molecule has 0 aliphatic rings. The highest BCUT2D eigenvalue weighted by atomic mass is 79.9. The van der Waals surface area contributed by atoms with E-state index in [-0.39, 0.29) is 18.0 Å². The molecule has 9 heteroatoms. The van der Waals surface area contributed by atoms with Crippen molar-refractivity contribution in [2.45, 2.75) is 11.4 Å². The topological polar surface area (TPSA) is 84.9 Å². The molecule has 3 aromatic carbocycles. The first-order chi connectivity index (χ1) is 15.3. The number of methoxy groups -OCH3 is 2. The fourth-order valence-corrected chi connectivity index (χ4v) is 4.86. The smallest absolute Gasteiger partial charge is 0.264 e. The number of benzene rings is 3. The Morgan fingerprint density at radius 3 is 2.31 bits per heavy atom. The number of carbonyl (C=O) groups excluding carboxylic acids is 1. The van der Waals surface area contributed by atoms with Crippen LogP contribution in [-0.2, 0) is 21.4 Å². The van der Waals surface area contributed by atoms with Crippen LogP contribution in [0, 0.1) is 0 Å². The average molecular weight is 519 g/mol. The first-order valence-electron chi connectivity index (χ1n) is 9.66. The molecule has 0 radical (unpaired) electrons. The van der Waals surface area contributed by atoms with Gasteiger partial charge in [0.2, 0.25) is 5.91 Å². The summed E-state index contributed by atoms with van der Waals surface area (Å²) in [4.78, 5) is 12.9. The molecule has 3 aromatic rings. The van der Waals surface area contributed by atoms with E-state index in [1.165, 1.54) is 19.2 Å². The number of hydrogen-bond acceptors (Lipinski definition) is 5. The third-order valence-corrected chi connectivity index (χ3v) is 6.93. The van der Waals surface area contributed by atoms with Crippen LogP contribution in [-0.4, -0.2) is 35.1 Å². The first-order valence-corrected chi connectivity index (χ1v) is 11.9. The van der Waals surface area contributed by atoms with Crippen LogP contribution in [0.3, 0.4) is 0 Å². The van der Waals surface area contributed by atoms with Crippen molar-refractivity contribution in [3.05, 3.63) is 82.8 Å². The molecule has 0 aliphatic carbocycles. The van der Waals surface area contributed by atoms with Crippen molar-refractivity contribution >= 4 is 37.5 Å². The molecular formula is C23H23BrN2O5S. The second-order valence-electron chi connectivity index (χ2n) is 6.77. The van der Waals surface area contributed by atoms with Gasteiger partial charge >= 0.3 is 0 Å².